The van der Waals surface area contributed by atoms with Crippen molar-refractivity contribution in [2.24, 2.45) is 0 Å². The summed E-state index contributed by atoms with van der Waals surface area (Å²) in [6.07, 6.45) is 4.67. The van der Waals surface area contributed by atoms with Crippen LogP contribution in [0.3, 0.4) is 0 Å². The summed E-state index contributed by atoms with van der Waals surface area (Å²) in [6.45, 7) is 3.30. The third-order valence-corrected chi connectivity index (χ3v) is 6.18. The number of carbonyl (C=O) groups excluding carboxylic acids is 1. The summed E-state index contributed by atoms with van der Waals surface area (Å²) in [5.41, 5.74) is 3.76. The third kappa shape index (κ3) is 8.94. The van der Waals surface area contributed by atoms with E-state index in [2.05, 4.69) is 51.7 Å². The molecule has 1 aromatic heterocycles. The number of methoxy groups -OCH3 is 1. The van der Waals surface area contributed by atoms with Crippen molar-refractivity contribution in [3.8, 4) is 17.6 Å². The van der Waals surface area contributed by atoms with Gasteiger partial charge in [-0.05, 0) is 91.7 Å². The van der Waals surface area contributed by atoms with E-state index in [-0.39, 0.29) is 6.03 Å². The highest BCUT2D eigenvalue weighted by Crippen LogP contribution is 2.22. The number of anilines is 1. The van der Waals surface area contributed by atoms with Crippen LogP contribution in [0.15, 0.2) is 72.9 Å². The molecule has 2 aromatic carbocycles. The van der Waals surface area contributed by atoms with Gasteiger partial charge in [0.25, 0.3) is 0 Å². The van der Waals surface area contributed by atoms with Gasteiger partial charge in [0, 0.05) is 44.2 Å². The van der Waals surface area contributed by atoms with Crippen molar-refractivity contribution in [1.82, 2.24) is 15.2 Å². The first-order valence-corrected chi connectivity index (χ1v) is 12.6. The number of amides is 2. The summed E-state index contributed by atoms with van der Waals surface area (Å²) in [7, 11) is 2.63. The number of hydrogen-bond acceptors (Lipinski definition) is 5. The Morgan fingerprint density at radius 2 is 1.81 bits per heavy atom. The van der Waals surface area contributed by atoms with Crippen molar-refractivity contribution in [2.75, 3.05) is 45.7 Å². The highest BCUT2D eigenvalue weighted by molar-refractivity contribution is 5.89. The molecule has 1 saturated heterocycles. The van der Waals surface area contributed by atoms with Crippen LogP contribution in [0, 0.1) is 11.8 Å². The number of ether oxygens (including phenoxy) is 1. The number of hydrogen-bond donors (Lipinski definition) is 3. The van der Waals surface area contributed by atoms with Gasteiger partial charge in [-0.15, -0.1) is 0 Å². The Bertz CT molecular complexity index is 1140. The fourth-order valence-corrected chi connectivity index (χ4v) is 4.13. The molecule has 194 valence electrons. The van der Waals surface area contributed by atoms with Crippen LogP contribution in [0.25, 0.3) is 0 Å². The fraction of sp³-hybridized carbons (Fsp3) is 0.333. The van der Waals surface area contributed by atoms with E-state index in [1.807, 2.05) is 47.4 Å². The largest absolute Gasteiger partial charge is 0.497 e. The number of nitrogens with one attached hydrogen (secondary N) is 2. The van der Waals surface area contributed by atoms with Gasteiger partial charge >= 0.3 is 6.03 Å². The van der Waals surface area contributed by atoms with Crippen molar-refractivity contribution in [1.29, 1.82) is 0 Å². The van der Waals surface area contributed by atoms with Gasteiger partial charge in [0.2, 0.25) is 0 Å². The lowest BCUT2D eigenvalue weighted by Gasteiger charge is -2.28. The van der Waals surface area contributed by atoms with Crippen molar-refractivity contribution in [3.63, 3.8) is 0 Å². The van der Waals surface area contributed by atoms with Gasteiger partial charge in [-0.2, -0.15) is 0 Å². The van der Waals surface area contributed by atoms with Crippen molar-refractivity contribution < 1.29 is 14.6 Å². The first kappa shape index (κ1) is 27.7. The molecule has 0 radical (unpaired) electrons. The number of urea groups is 1. The Morgan fingerprint density at radius 1 is 1.03 bits per heavy atom. The molecule has 7 nitrogen and oxygen atoms in total. The Kier molecular flexibility index (Phi) is 11.5. The summed E-state index contributed by atoms with van der Waals surface area (Å²) in [5, 5.41) is 13.6. The number of rotatable bonds is 3. The van der Waals surface area contributed by atoms with E-state index in [4.69, 9.17) is 9.84 Å². The number of aromatic nitrogens is 1. The summed E-state index contributed by atoms with van der Waals surface area (Å²) in [4.78, 5) is 19.2. The Balaban J connectivity index is 0.00000186. The quantitative estimate of drug-likeness (QED) is 0.462. The molecular formula is C30H36N4O3. The maximum absolute atomic E-state index is 13.0. The van der Waals surface area contributed by atoms with Crippen LogP contribution in [0.2, 0.25) is 0 Å². The molecule has 37 heavy (non-hydrogen) atoms. The van der Waals surface area contributed by atoms with Gasteiger partial charge in [0.15, 0.2) is 0 Å². The second kappa shape index (κ2) is 15.3. The van der Waals surface area contributed by atoms with Crippen LogP contribution >= 0.6 is 0 Å². The third-order valence-electron chi connectivity index (χ3n) is 6.18. The average Bonchev–Trinajstić information content (AvgIpc) is 2.97. The van der Waals surface area contributed by atoms with Crippen LogP contribution in [-0.4, -0.2) is 61.4 Å². The molecule has 1 atom stereocenters. The van der Waals surface area contributed by atoms with Crippen molar-refractivity contribution >= 4 is 11.7 Å². The van der Waals surface area contributed by atoms with Gasteiger partial charge in [0.05, 0.1) is 7.11 Å². The molecule has 0 bridgehead atoms. The van der Waals surface area contributed by atoms with Crippen molar-refractivity contribution in [2.45, 2.75) is 25.2 Å². The molecule has 2 amide bonds. The monoisotopic (exact) mass is 500 g/mol. The molecule has 7 heteroatoms. The number of pyridine rings is 1. The van der Waals surface area contributed by atoms with E-state index in [0.717, 1.165) is 68.7 Å². The molecule has 2 heterocycles. The van der Waals surface area contributed by atoms with Crippen LogP contribution in [0.1, 0.15) is 42.0 Å². The molecule has 4 rings (SSSR count). The van der Waals surface area contributed by atoms with Gasteiger partial charge in [-0.25, -0.2) is 9.78 Å². The second-order valence-electron chi connectivity index (χ2n) is 8.63. The van der Waals surface area contributed by atoms with E-state index < -0.39 is 0 Å². The molecule has 0 unspecified atom stereocenters. The molecule has 1 aliphatic rings. The minimum absolute atomic E-state index is 0.0532. The predicted octanol–water partition coefficient (Wildman–Crippen LogP) is 4.49. The standard InChI is InChI=1S/C29H32N4O2.CH4O/c1-35-28-15-13-27(14-16-28)32-29(34)33-20-5-4-18-30-22-25(17-21-33)24-10-7-23(8-11-24)9-12-26-6-2-3-19-31-26;1-2/h2-3,6-8,10-11,13-16,19,25,30H,4-5,17-18,20-22H2,1H3,(H,32,34);2H,1H3/t25-;/m1./s1. The first-order chi connectivity index (χ1) is 18.2. The lowest BCUT2D eigenvalue weighted by Crippen LogP contribution is -2.39. The second-order valence-corrected chi connectivity index (χ2v) is 8.63. The Hall–Kier alpha value is -3.86. The first-order valence-electron chi connectivity index (χ1n) is 12.6. The number of aliphatic hydroxyl groups is 1. The summed E-state index contributed by atoms with van der Waals surface area (Å²) >= 11 is 0. The molecule has 1 fully saturated rings. The maximum Gasteiger partial charge on any atom is 0.321 e. The number of aliphatic hydroxyl groups excluding tert-OH is 1. The van der Waals surface area contributed by atoms with E-state index >= 15 is 0 Å². The lowest BCUT2D eigenvalue weighted by molar-refractivity contribution is 0.206. The zero-order valence-corrected chi connectivity index (χ0v) is 21.6. The normalized spacial score (nSPS) is 15.8. The zero-order valence-electron chi connectivity index (χ0n) is 21.6. The fourth-order valence-electron chi connectivity index (χ4n) is 4.13. The van der Waals surface area contributed by atoms with Gasteiger partial charge in [-0.3, -0.25) is 0 Å². The average molecular weight is 501 g/mol. The van der Waals surface area contributed by atoms with Crippen LogP contribution < -0.4 is 15.4 Å². The van der Waals surface area contributed by atoms with Crippen LogP contribution in [0.4, 0.5) is 10.5 Å². The minimum Gasteiger partial charge on any atom is -0.497 e. The molecule has 3 aromatic rings. The number of carbonyl (C=O) groups is 1. The van der Waals surface area contributed by atoms with Crippen molar-refractivity contribution in [3.05, 3.63) is 89.7 Å². The number of benzene rings is 2. The maximum atomic E-state index is 13.0. The molecular weight excluding hydrogens is 464 g/mol. The lowest BCUT2D eigenvalue weighted by atomic mass is 9.94. The predicted molar refractivity (Wildman–Crippen MR) is 148 cm³/mol. The van der Waals surface area contributed by atoms with Gasteiger partial charge in [0.1, 0.15) is 11.4 Å². The smallest absolute Gasteiger partial charge is 0.321 e. The topological polar surface area (TPSA) is 86.7 Å². The summed E-state index contributed by atoms with van der Waals surface area (Å²) in [5.74, 6) is 7.38. The van der Waals surface area contributed by atoms with Crippen LogP contribution in [-0.2, 0) is 0 Å². The molecule has 0 saturated carbocycles. The molecule has 0 aliphatic carbocycles. The van der Waals surface area contributed by atoms with E-state index in [0.29, 0.717) is 12.5 Å². The van der Waals surface area contributed by atoms with E-state index in [1.54, 1.807) is 13.3 Å². The molecule has 0 spiro atoms. The Morgan fingerprint density at radius 3 is 2.51 bits per heavy atom. The summed E-state index contributed by atoms with van der Waals surface area (Å²) in [6, 6.07) is 21.6. The van der Waals surface area contributed by atoms with Crippen LogP contribution in [0.5, 0.6) is 5.75 Å². The van der Waals surface area contributed by atoms with E-state index in [9.17, 15) is 4.79 Å². The highest BCUT2D eigenvalue weighted by atomic mass is 16.5. The SMILES string of the molecule is CO.COc1ccc(NC(=O)N2CCCCNC[C@H](c3ccc(C#Cc4ccccn4)cc3)CC2)cc1. The zero-order chi connectivity index (χ0) is 26.3. The number of nitrogens with zero attached hydrogens (tertiary/aromatic N) is 2. The Labute approximate surface area is 219 Å². The van der Waals surface area contributed by atoms with Gasteiger partial charge < -0.3 is 25.4 Å². The minimum atomic E-state index is -0.0532. The molecule has 3 N–H and O–H groups in total. The highest BCUT2D eigenvalue weighted by Gasteiger charge is 2.19. The van der Waals surface area contributed by atoms with E-state index in [1.165, 1.54) is 5.56 Å². The summed E-state index contributed by atoms with van der Waals surface area (Å²) < 4.78 is 5.20. The van der Waals surface area contributed by atoms with Gasteiger partial charge in [-0.1, -0.05) is 24.1 Å². The molecule has 1 aliphatic heterocycles.